The summed E-state index contributed by atoms with van der Waals surface area (Å²) in [7, 11) is 0. The molecule has 0 saturated heterocycles. The number of nitrogens with two attached hydrogens (primary N) is 1. The molecule has 0 aliphatic rings. The fraction of sp³-hybridized carbons (Fsp3) is 0.417. The molecule has 0 aliphatic heterocycles. The maximum Gasteiger partial charge on any atom is 0.243 e. The highest BCUT2D eigenvalue weighted by Crippen LogP contribution is 2.14. The molecule has 0 aromatic heterocycles. The molecule has 1 amide bonds. The van der Waals surface area contributed by atoms with E-state index in [2.05, 4.69) is 11.4 Å². The number of carbonyl (C=O) groups is 1. The maximum atomic E-state index is 11.6. The van der Waals surface area contributed by atoms with Crippen molar-refractivity contribution >= 4 is 11.6 Å². The summed E-state index contributed by atoms with van der Waals surface area (Å²) in [6.07, 6.45) is 0. The van der Waals surface area contributed by atoms with E-state index < -0.39 is 5.54 Å². The molecule has 0 saturated carbocycles. The van der Waals surface area contributed by atoms with E-state index >= 15 is 0 Å². The quantitative estimate of drug-likeness (QED) is 0.777. The van der Waals surface area contributed by atoms with Gasteiger partial charge in [0.2, 0.25) is 5.91 Å². The Hall–Kier alpha value is -1.35. The molecular formula is C12H18N2O. The largest absolute Gasteiger partial charge is 0.324 e. The normalized spacial score (nSPS) is 11.3. The lowest BCUT2D eigenvalue weighted by Crippen LogP contribution is -2.45. The van der Waals surface area contributed by atoms with Gasteiger partial charge in [0.25, 0.3) is 0 Å². The first-order valence-corrected chi connectivity index (χ1v) is 4.97. The monoisotopic (exact) mass is 206 g/mol. The summed E-state index contributed by atoms with van der Waals surface area (Å²) in [6.45, 7) is 7.36. The van der Waals surface area contributed by atoms with Crippen molar-refractivity contribution in [1.29, 1.82) is 0 Å². The van der Waals surface area contributed by atoms with Crippen LogP contribution in [0.2, 0.25) is 0 Å². The topological polar surface area (TPSA) is 55.1 Å². The molecule has 0 fully saturated rings. The summed E-state index contributed by atoms with van der Waals surface area (Å²) in [5.74, 6) is -0.174. The van der Waals surface area contributed by atoms with Crippen LogP contribution in [0.4, 0.5) is 5.69 Å². The minimum Gasteiger partial charge on any atom is -0.324 e. The molecule has 3 N–H and O–H groups in total. The lowest BCUT2D eigenvalue weighted by Gasteiger charge is -2.18. The Bertz CT molecular complexity index is 357. The van der Waals surface area contributed by atoms with E-state index in [1.54, 1.807) is 13.8 Å². The smallest absolute Gasteiger partial charge is 0.243 e. The Morgan fingerprint density at radius 2 is 1.67 bits per heavy atom. The molecule has 0 radical (unpaired) electrons. The molecule has 3 nitrogen and oxygen atoms in total. The van der Waals surface area contributed by atoms with E-state index in [1.807, 2.05) is 26.0 Å². The molecule has 0 heterocycles. The Kier molecular flexibility index (Phi) is 3.15. The Morgan fingerprint density at radius 1 is 1.20 bits per heavy atom. The number of benzene rings is 1. The predicted molar refractivity (Wildman–Crippen MR) is 62.8 cm³/mol. The molecule has 0 unspecified atom stereocenters. The van der Waals surface area contributed by atoms with Crippen LogP contribution in [0.5, 0.6) is 0 Å². The van der Waals surface area contributed by atoms with Gasteiger partial charge in [-0.1, -0.05) is 6.07 Å². The van der Waals surface area contributed by atoms with Gasteiger partial charge in [0, 0.05) is 5.69 Å². The second-order valence-corrected chi connectivity index (χ2v) is 4.55. The Labute approximate surface area is 90.7 Å². The van der Waals surface area contributed by atoms with E-state index in [-0.39, 0.29) is 5.91 Å². The number of hydrogen-bond donors (Lipinski definition) is 2. The zero-order valence-corrected chi connectivity index (χ0v) is 9.72. The Balaban J connectivity index is 2.86. The molecule has 1 aromatic carbocycles. The first-order chi connectivity index (χ1) is 6.79. The highest BCUT2D eigenvalue weighted by Gasteiger charge is 2.21. The van der Waals surface area contributed by atoms with Crippen LogP contribution in [0, 0.1) is 13.8 Å². The summed E-state index contributed by atoms with van der Waals surface area (Å²) in [6, 6.07) is 5.91. The van der Waals surface area contributed by atoms with Gasteiger partial charge in [-0.25, -0.2) is 0 Å². The third kappa shape index (κ3) is 3.36. The van der Waals surface area contributed by atoms with Crippen LogP contribution in [0.3, 0.4) is 0 Å². The lowest BCUT2D eigenvalue weighted by atomic mass is 10.1. The maximum absolute atomic E-state index is 11.6. The average molecular weight is 206 g/mol. The fourth-order valence-corrected chi connectivity index (χ4v) is 1.34. The van der Waals surface area contributed by atoms with E-state index in [1.165, 1.54) is 0 Å². The van der Waals surface area contributed by atoms with Crippen LogP contribution in [-0.2, 0) is 4.79 Å². The second-order valence-electron chi connectivity index (χ2n) is 4.55. The van der Waals surface area contributed by atoms with E-state index in [0.29, 0.717) is 0 Å². The van der Waals surface area contributed by atoms with Gasteiger partial charge in [-0.2, -0.15) is 0 Å². The summed E-state index contributed by atoms with van der Waals surface area (Å²) in [5, 5.41) is 2.80. The summed E-state index contributed by atoms with van der Waals surface area (Å²) < 4.78 is 0. The number of carbonyl (C=O) groups excluding carboxylic acids is 1. The van der Waals surface area contributed by atoms with Crippen LogP contribution in [0.25, 0.3) is 0 Å². The van der Waals surface area contributed by atoms with Gasteiger partial charge in [0.1, 0.15) is 0 Å². The van der Waals surface area contributed by atoms with Gasteiger partial charge in [-0.15, -0.1) is 0 Å². The number of nitrogens with one attached hydrogen (secondary N) is 1. The summed E-state index contributed by atoms with van der Waals surface area (Å²) in [5.41, 5.74) is 7.89. The van der Waals surface area contributed by atoms with Crippen LogP contribution in [0.1, 0.15) is 25.0 Å². The number of amides is 1. The van der Waals surface area contributed by atoms with Crippen LogP contribution >= 0.6 is 0 Å². The number of aryl methyl sites for hydroxylation is 2. The van der Waals surface area contributed by atoms with Crippen molar-refractivity contribution < 1.29 is 4.79 Å². The van der Waals surface area contributed by atoms with Crippen molar-refractivity contribution in [2.75, 3.05) is 5.32 Å². The molecule has 1 aromatic rings. The lowest BCUT2D eigenvalue weighted by molar-refractivity contribution is -0.120. The predicted octanol–water partition coefficient (Wildman–Crippen LogP) is 1.98. The van der Waals surface area contributed by atoms with E-state index in [9.17, 15) is 4.79 Å². The fourth-order valence-electron chi connectivity index (χ4n) is 1.34. The van der Waals surface area contributed by atoms with Gasteiger partial charge >= 0.3 is 0 Å². The third-order valence-electron chi connectivity index (χ3n) is 2.06. The molecule has 0 aliphatic carbocycles. The standard InChI is InChI=1S/C12H18N2O/c1-8-5-9(2)7-10(6-8)14-11(15)12(3,4)13/h5-7H,13H2,1-4H3,(H,14,15). The first kappa shape index (κ1) is 11.7. The zero-order chi connectivity index (χ0) is 11.6. The first-order valence-electron chi connectivity index (χ1n) is 4.97. The summed E-state index contributed by atoms with van der Waals surface area (Å²) >= 11 is 0. The van der Waals surface area contributed by atoms with Crippen LogP contribution in [0.15, 0.2) is 18.2 Å². The molecule has 3 heteroatoms. The van der Waals surface area contributed by atoms with Crippen LogP contribution < -0.4 is 11.1 Å². The van der Waals surface area contributed by atoms with Gasteiger partial charge in [0.15, 0.2) is 0 Å². The van der Waals surface area contributed by atoms with Gasteiger partial charge in [-0.3, -0.25) is 4.79 Å². The molecule has 1 rings (SSSR count). The van der Waals surface area contributed by atoms with Gasteiger partial charge in [-0.05, 0) is 51.0 Å². The van der Waals surface area contributed by atoms with Crippen molar-refractivity contribution in [2.45, 2.75) is 33.2 Å². The highest BCUT2D eigenvalue weighted by atomic mass is 16.2. The average Bonchev–Trinajstić information content (AvgIpc) is 1.99. The highest BCUT2D eigenvalue weighted by molar-refractivity contribution is 5.97. The number of anilines is 1. The minimum atomic E-state index is -0.850. The molecule has 0 atom stereocenters. The SMILES string of the molecule is Cc1cc(C)cc(NC(=O)C(C)(C)N)c1. The summed E-state index contributed by atoms with van der Waals surface area (Å²) in [4.78, 5) is 11.6. The van der Waals surface area contributed by atoms with Crippen molar-refractivity contribution in [3.8, 4) is 0 Å². The van der Waals surface area contributed by atoms with Gasteiger partial charge in [0.05, 0.1) is 5.54 Å². The number of rotatable bonds is 2. The van der Waals surface area contributed by atoms with Crippen molar-refractivity contribution in [3.05, 3.63) is 29.3 Å². The molecule has 0 spiro atoms. The zero-order valence-electron chi connectivity index (χ0n) is 9.72. The molecular weight excluding hydrogens is 188 g/mol. The molecule has 0 bridgehead atoms. The second kappa shape index (κ2) is 4.03. The van der Waals surface area contributed by atoms with Crippen molar-refractivity contribution in [1.82, 2.24) is 0 Å². The van der Waals surface area contributed by atoms with Crippen molar-refractivity contribution in [2.24, 2.45) is 5.73 Å². The minimum absolute atomic E-state index is 0.174. The van der Waals surface area contributed by atoms with E-state index in [4.69, 9.17) is 5.73 Å². The number of hydrogen-bond acceptors (Lipinski definition) is 2. The Morgan fingerprint density at radius 3 is 2.07 bits per heavy atom. The van der Waals surface area contributed by atoms with Crippen LogP contribution in [-0.4, -0.2) is 11.4 Å². The molecule has 82 valence electrons. The van der Waals surface area contributed by atoms with Gasteiger partial charge < -0.3 is 11.1 Å². The van der Waals surface area contributed by atoms with Crippen molar-refractivity contribution in [3.63, 3.8) is 0 Å². The third-order valence-corrected chi connectivity index (χ3v) is 2.06. The molecule has 15 heavy (non-hydrogen) atoms. The van der Waals surface area contributed by atoms with E-state index in [0.717, 1.165) is 16.8 Å².